The van der Waals surface area contributed by atoms with Gasteiger partial charge in [-0.3, -0.25) is 0 Å². The van der Waals surface area contributed by atoms with Gasteiger partial charge in [-0.05, 0) is 5.56 Å². The summed E-state index contributed by atoms with van der Waals surface area (Å²) in [7, 11) is 0. The van der Waals surface area contributed by atoms with Gasteiger partial charge in [0.1, 0.15) is 6.29 Å². The van der Waals surface area contributed by atoms with E-state index in [0.717, 1.165) is 11.8 Å². The van der Waals surface area contributed by atoms with E-state index in [-0.39, 0.29) is 6.15 Å². The Morgan fingerprint density at radius 1 is 1.27 bits per heavy atom. The molecule has 3 nitrogen and oxygen atoms in total. The molecule has 0 spiro atoms. The Hall–Kier alpha value is -1.19. The van der Waals surface area contributed by atoms with E-state index in [2.05, 4.69) is 0 Å². The molecule has 1 unspecified atom stereocenters. The topological polar surface area (TPSA) is 78.1 Å². The molecule has 3 heteroatoms. The quantitative estimate of drug-likeness (QED) is 0.621. The Bertz CT molecular complexity index is 211. The minimum Gasteiger partial charge on any atom is -0.344 e. The Kier molecular flexibility index (Phi) is 4.10. The number of hydrogen-bond acceptors (Lipinski definition) is 3. The van der Waals surface area contributed by atoms with Crippen molar-refractivity contribution in [2.75, 3.05) is 0 Å². The van der Waals surface area contributed by atoms with Crippen LogP contribution < -0.4 is 11.9 Å². The van der Waals surface area contributed by atoms with Gasteiger partial charge in [0.2, 0.25) is 0 Å². The average Bonchev–Trinajstić information content (AvgIpc) is 2.05. The van der Waals surface area contributed by atoms with Gasteiger partial charge in [-0.15, -0.1) is 0 Å². The number of aldehydes is 1. The maximum absolute atomic E-state index is 10.2. The van der Waals surface area contributed by atoms with Gasteiger partial charge in [-0.1, -0.05) is 30.3 Å². The third-order valence-electron chi connectivity index (χ3n) is 1.33. The summed E-state index contributed by atoms with van der Waals surface area (Å²) in [5.74, 6) is 0. The second-order valence-corrected chi connectivity index (χ2v) is 2.07. The first-order valence-corrected chi connectivity index (χ1v) is 3.10. The van der Waals surface area contributed by atoms with Crippen molar-refractivity contribution in [1.82, 2.24) is 6.15 Å². The highest BCUT2D eigenvalue weighted by atomic mass is 16.1. The second kappa shape index (κ2) is 4.60. The van der Waals surface area contributed by atoms with Crippen molar-refractivity contribution < 1.29 is 4.79 Å². The molecule has 0 heterocycles. The average molecular weight is 152 g/mol. The number of carbonyl (C=O) groups is 1. The maximum Gasteiger partial charge on any atom is 0.141 e. The minimum absolute atomic E-state index is 0. The molecule has 11 heavy (non-hydrogen) atoms. The molecule has 60 valence electrons. The van der Waals surface area contributed by atoms with Crippen LogP contribution in [-0.2, 0) is 4.79 Å². The third kappa shape index (κ3) is 2.49. The van der Waals surface area contributed by atoms with Crippen molar-refractivity contribution >= 4 is 6.29 Å². The standard InChI is InChI=1S/C8H9NO.H3N/c9-8(6-10)7-4-2-1-3-5-7;/h1-6,8H,9H2;1H3. The SMILES string of the molecule is N.NC(C=O)c1ccccc1. The van der Waals surface area contributed by atoms with E-state index in [9.17, 15) is 4.79 Å². The second-order valence-electron chi connectivity index (χ2n) is 2.07. The van der Waals surface area contributed by atoms with E-state index in [1.54, 1.807) is 0 Å². The molecule has 0 amide bonds. The molecule has 0 bridgehead atoms. The van der Waals surface area contributed by atoms with Crippen LogP contribution in [0, 0.1) is 0 Å². The molecule has 0 fully saturated rings. The van der Waals surface area contributed by atoms with Crippen molar-refractivity contribution in [2.24, 2.45) is 5.73 Å². The van der Waals surface area contributed by atoms with Gasteiger partial charge in [0, 0.05) is 0 Å². The van der Waals surface area contributed by atoms with Crippen molar-refractivity contribution in [1.29, 1.82) is 0 Å². The van der Waals surface area contributed by atoms with Crippen molar-refractivity contribution in [3.63, 3.8) is 0 Å². The molecule has 5 N–H and O–H groups in total. The van der Waals surface area contributed by atoms with E-state index in [4.69, 9.17) is 5.73 Å². The molecule has 0 saturated carbocycles. The highest BCUT2D eigenvalue weighted by Gasteiger charge is 1.99. The molecule has 0 radical (unpaired) electrons. The van der Waals surface area contributed by atoms with E-state index in [0.29, 0.717) is 0 Å². The van der Waals surface area contributed by atoms with Gasteiger partial charge in [0.25, 0.3) is 0 Å². The third-order valence-corrected chi connectivity index (χ3v) is 1.33. The Labute approximate surface area is 65.8 Å². The van der Waals surface area contributed by atoms with Crippen LogP contribution in [-0.4, -0.2) is 6.29 Å². The first kappa shape index (κ1) is 9.81. The van der Waals surface area contributed by atoms with Crippen molar-refractivity contribution in [2.45, 2.75) is 6.04 Å². The summed E-state index contributed by atoms with van der Waals surface area (Å²) in [5.41, 5.74) is 6.29. The number of carbonyl (C=O) groups excluding carboxylic acids is 1. The lowest BCUT2D eigenvalue weighted by Crippen LogP contribution is -2.10. The zero-order valence-electron chi connectivity index (χ0n) is 6.23. The molecule has 0 aromatic heterocycles. The Morgan fingerprint density at radius 3 is 2.27 bits per heavy atom. The number of hydrogen-bond donors (Lipinski definition) is 2. The first-order valence-electron chi connectivity index (χ1n) is 3.10. The fourth-order valence-corrected chi connectivity index (χ4v) is 0.754. The monoisotopic (exact) mass is 152 g/mol. The van der Waals surface area contributed by atoms with Crippen LogP contribution in [0.25, 0.3) is 0 Å². The number of nitrogens with two attached hydrogens (primary N) is 1. The fourth-order valence-electron chi connectivity index (χ4n) is 0.754. The van der Waals surface area contributed by atoms with Gasteiger partial charge in [-0.25, -0.2) is 0 Å². The molecule has 1 aromatic carbocycles. The summed E-state index contributed by atoms with van der Waals surface area (Å²) in [5, 5.41) is 0. The zero-order valence-corrected chi connectivity index (χ0v) is 6.23. The Morgan fingerprint density at radius 2 is 1.82 bits per heavy atom. The molecule has 1 rings (SSSR count). The molecule has 0 aliphatic heterocycles. The maximum atomic E-state index is 10.2. The molecule has 0 saturated heterocycles. The molecule has 1 aromatic rings. The van der Waals surface area contributed by atoms with Gasteiger partial charge in [-0.2, -0.15) is 0 Å². The normalized spacial score (nSPS) is 11.4. The predicted octanol–water partition coefficient (Wildman–Crippen LogP) is 1.05. The van der Waals surface area contributed by atoms with E-state index < -0.39 is 6.04 Å². The van der Waals surface area contributed by atoms with Crippen molar-refractivity contribution in [3.05, 3.63) is 35.9 Å². The molecular weight excluding hydrogens is 140 g/mol. The summed E-state index contributed by atoms with van der Waals surface area (Å²) in [6.45, 7) is 0. The summed E-state index contributed by atoms with van der Waals surface area (Å²) in [4.78, 5) is 10.2. The Balaban J connectivity index is 0.000001000. The van der Waals surface area contributed by atoms with Crippen LogP contribution in [0.2, 0.25) is 0 Å². The van der Waals surface area contributed by atoms with Crippen LogP contribution in [0.5, 0.6) is 0 Å². The largest absolute Gasteiger partial charge is 0.344 e. The predicted molar refractivity (Wildman–Crippen MR) is 44.5 cm³/mol. The number of benzene rings is 1. The molecule has 0 aliphatic carbocycles. The van der Waals surface area contributed by atoms with Crippen LogP contribution in [0.3, 0.4) is 0 Å². The van der Waals surface area contributed by atoms with Crippen molar-refractivity contribution in [3.8, 4) is 0 Å². The van der Waals surface area contributed by atoms with Crippen LogP contribution in [0.15, 0.2) is 30.3 Å². The van der Waals surface area contributed by atoms with Gasteiger partial charge in [0.05, 0.1) is 6.04 Å². The van der Waals surface area contributed by atoms with Crippen LogP contribution in [0.4, 0.5) is 0 Å². The molecule has 1 atom stereocenters. The highest BCUT2D eigenvalue weighted by Crippen LogP contribution is 2.05. The minimum atomic E-state index is -0.471. The summed E-state index contributed by atoms with van der Waals surface area (Å²) < 4.78 is 0. The van der Waals surface area contributed by atoms with Crippen LogP contribution >= 0.6 is 0 Å². The van der Waals surface area contributed by atoms with E-state index in [1.807, 2.05) is 30.3 Å². The lowest BCUT2D eigenvalue weighted by atomic mass is 10.1. The zero-order chi connectivity index (χ0) is 7.40. The highest BCUT2D eigenvalue weighted by molar-refractivity contribution is 5.60. The van der Waals surface area contributed by atoms with Gasteiger partial charge >= 0.3 is 0 Å². The van der Waals surface area contributed by atoms with Crippen LogP contribution in [0.1, 0.15) is 11.6 Å². The molecular formula is C8H12N2O. The van der Waals surface area contributed by atoms with E-state index >= 15 is 0 Å². The summed E-state index contributed by atoms with van der Waals surface area (Å²) in [6.07, 6.45) is 0.731. The van der Waals surface area contributed by atoms with E-state index in [1.165, 1.54) is 0 Å². The number of rotatable bonds is 2. The first-order chi connectivity index (χ1) is 4.84. The summed E-state index contributed by atoms with van der Waals surface area (Å²) in [6, 6.07) is 8.80. The lowest BCUT2D eigenvalue weighted by molar-refractivity contribution is -0.109. The van der Waals surface area contributed by atoms with Gasteiger partial charge < -0.3 is 16.7 Å². The fraction of sp³-hybridized carbons (Fsp3) is 0.125. The summed E-state index contributed by atoms with van der Waals surface area (Å²) >= 11 is 0. The van der Waals surface area contributed by atoms with Gasteiger partial charge in [0.15, 0.2) is 0 Å². The smallest absolute Gasteiger partial charge is 0.141 e. The lowest BCUT2D eigenvalue weighted by Gasteiger charge is -2.00. The molecule has 0 aliphatic rings.